The van der Waals surface area contributed by atoms with Crippen molar-refractivity contribution in [2.24, 2.45) is 0 Å². The van der Waals surface area contributed by atoms with Crippen LogP contribution in [0.25, 0.3) is 0 Å². The molecule has 0 spiro atoms. The van der Waals surface area contributed by atoms with Crippen LogP contribution in [0.3, 0.4) is 0 Å². The summed E-state index contributed by atoms with van der Waals surface area (Å²) in [5, 5.41) is 12.9. The number of carbonyl (C=O) groups excluding carboxylic acids is 1. The lowest BCUT2D eigenvalue weighted by molar-refractivity contribution is 0.236. The van der Waals surface area contributed by atoms with Gasteiger partial charge >= 0.3 is 6.03 Å². The molecule has 1 aliphatic carbocycles. The van der Waals surface area contributed by atoms with Crippen molar-refractivity contribution in [2.45, 2.75) is 31.1 Å². The Morgan fingerprint density at radius 3 is 3.17 bits per heavy atom. The molecule has 128 valence electrons. The summed E-state index contributed by atoms with van der Waals surface area (Å²) in [4.78, 5) is 11.9. The molecule has 0 saturated heterocycles. The number of H-pyrrole nitrogens is 1. The van der Waals surface area contributed by atoms with Crippen LogP contribution in [0.15, 0.2) is 30.5 Å². The van der Waals surface area contributed by atoms with Crippen molar-refractivity contribution in [3.63, 3.8) is 0 Å². The van der Waals surface area contributed by atoms with E-state index in [1.165, 1.54) is 17.3 Å². The van der Waals surface area contributed by atoms with E-state index in [1.54, 1.807) is 23.9 Å². The first-order valence-electron chi connectivity index (χ1n) is 8.09. The molecule has 3 rings (SSSR count). The number of urea groups is 1. The maximum absolute atomic E-state index is 13.5. The summed E-state index contributed by atoms with van der Waals surface area (Å²) in [7, 11) is 0. The molecule has 0 fully saturated rings. The third-order valence-electron chi connectivity index (χ3n) is 4.10. The molecule has 1 aromatic carbocycles. The van der Waals surface area contributed by atoms with Crippen LogP contribution >= 0.6 is 11.8 Å². The van der Waals surface area contributed by atoms with E-state index in [2.05, 4.69) is 20.8 Å². The van der Waals surface area contributed by atoms with Gasteiger partial charge < -0.3 is 10.6 Å². The summed E-state index contributed by atoms with van der Waals surface area (Å²) in [5.74, 6) is 1.19. The fourth-order valence-corrected chi connectivity index (χ4v) is 3.65. The number of halogens is 1. The largest absolute Gasteiger partial charge is 0.337 e. The number of amides is 2. The van der Waals surface area contributed by atoms with E-state index in [9.17, 15) is 9.18 Å². The number of hydrogen-bond acceptors (Lipinski definition) is 3. The minimum absolute atomic E-state index is 0.140. The first-order valence-corrected chi connectivity index (χ1v) is 9.24. The molecule has 1 heterocycles. The van der Waals surface area contributed by atoms with Crippen LogP contribution in [0.1, 0.15) is 23.2 Å². The number of aromatic amines is 1. The van der Waals surface area contributed by atoms with Crippen LogP contribution in [0.2, 0.25) is 0 Å². The summed E-state index contributed by atoms with van der Waals surface area (Å²) in [6.45, 7) is 0.564. The molecule has 24 heavy (non-hydrogen) atoms. The van der Waals surface area contributed by atoms with Gasteiger partial charge in [0.1, 0.15) is 5.82 Å². The Balaban J connectivity index is 1.31. The standard InChI is InChI=1S/C17H21FN4OS/c18-15-4-2-1-3-12(15)11-24-8-7-19-17(23)21-14-5-6-16-13(9-14)10-20-22-16/h1-4,10,14H,5-9,11H2,(H,20,22)(H2,19,21,23)/t14-/m1/s1. The van der Waals surface area contributed by atoms with Crippen LogP contribution < -0.4 is 10.6 Å². The van der Waals surface area contributed by atoms with Crippen molar-refractivity contribution in [3.8, 4) is 0 Å². The van der Waals surface area contributed by atoms with Crippen LogP contribution in [-0.4, -0.2) is 34.6 Å². The number of benzene rings is 1. The van der Waals surface area contributed by atoms with Gasteiger partial charge in [0.15, 0.2) is 0 Å². The monoisotopic (exact) mass is 348 g/mol. The maximum Gasteiger partial charge on any atom is 0.315 e. The highest BCUT2D eigenvalue weighted by molar-refractivity contribution is 7.98. The second-order valence-corrected chi connectivity index (χ2v) is 6.96. The normalized spacial score (nSPS) is 16.5. The number of thioether (sulfide) groups is 1. The Morgan fingerprint density at radius 2 is 2.29 bits per heavy atom. The van der Waals surface area contributed by atoms with Crippen molar-refractivity contribution in [1.29, 1.82) is 0 Å². The molecule has 0 radical (unpaired) electrons. The number of nitrogens with one attached hydrogen (secondary N) is 3. The zero-order valence-corrected chi connectivity index (χ0v) is 14.2. The minimum Gasteiger partial charge on any atom is -0.337 e. The average Bonchev–Trinajstić information content (AvgIpc) is 3.04. The number of rotatable bonds is 6. The third kappa shape index (κ3) is 4.50. The SMILES string of the molecule is O=C(NCCSCc1ccccc1F)N[C@@H]1CCc2[nH]ncc2C1. The van der Waals surface area contributed by atoms with Crippen LogP contribution in [0, 0.1) is 5.82 Å². The molecule has 0 unspecified atom stereocenters. The second-order valence-electron chi connectivity index (χ2n) is 5.86. The predicted octanol–water partition coefficient (Wildman–Crippen LogP) is 2.64. The highest BCUT2D eigenvalue weighted by Gasteiger charge is 2.21. The molecule has 2 amide bonds. The van der Waals surface area contributed by atoms with Crippen LogP contribution in [-0.2, 0) is 18.6 Å². The number of aromatic nitrogens is 2. The van der Waals surface area contributed by atoms with E-state index in [4.69, 9.17) is 0 Å². The third-order valence-corrected chi connectivity index (χ3v) is 5.11. The molecule has 1 aromatic heterocycles. The molecule has 2 aromatic rings. The molecule has 3 N–H and O–H groups in total. The first kappa shape index (κ1) is 16.8. The number of fused-ring (bicyclic) bond motifs is 1. The zero-order valence-electron chi connectivity index (χ0n) is 13.3. The fraction of sp³-hybridized carbons (Fsp3) is 0.412. The molecule has 0 aliphatic heterocycles. The van der Waals surface area contributed by atoms with Crippen molar-refractivity contribution < 1.29 is 9.18 Å². The van der Waals surface area contributed by atoms with Gasteiger partial charge in [-0.15, -0.1) is 0 Å². The van der Waals surface area contributed by atoms with Gasteiger partial charge in [-0.2, -0.15) is 16.9 Å². The lowest BCUT2D eigenvalue weighted by atomic mass is 9.94. The van der Waals surface area contributed by atoms with E-state index in [1.807, 2.05) is 12.3 Å². The van der Waals surface area contributed by atoms with Crippen molar-refractivity contribution in [1.82, 2.24) is 20.8 Å². The molecule has 0 saturated carbocycles. The predicted molar refractivity (Wildman–Crippen MR) is 93.5 cm³/mol. The first-order chi connectivity index (χ1) is 11.7. The number of hydrogen-bond donors (Lipinski definition) is 3. The lowest BCUT2D eigenvalue weighted by Crippen LogP contribution is -2.45. The highest BCUT2D eigenvalue weighted by Crippen LogP contribution is 2.18. The Morgan fingerprint density at radius 1 is 1.42 bits per heavy atom. The molecular weight excluding hydrogens is 327 g/mol. The van der Waals surface area contributed by atoms with Gasteiger partial charge in [0.2, 0.25) is 0 Å². The second kappa shape index (κ2) is 8.19. The highest BCUT2D eigenvalue weighted by atomic mass is 32.2. The number of nitrogens with zero attached hydrogens (tertiary/aromatic N) is 1. The summed E-state index contributed by atoms with van der Waals surface area (Å²) in [6.07, 6.45) is 4.49. The summed E-state index contributed by atoms with van der Waals surface area (Å²) < 4.78 is 13.5. The van der Waals surface area contributed by atoms with E-state index in [0.29, 0.717) is 17.9 Å². The van der Waals surface area contributed by atoms with E-state index in [0.717, 1.165) is 25.0 Å². The van der Waals surface area contributed by atoms with Gasteiger partial charge in [-0.3, -0.25) is 5.10 Å². The number of carbonyl (C=O) groups is 1. The Labute approximate surface area is 144 Å². The van der Waals surface area contributed by atoms with Gasteiger partial charge in [0.25, 0.3) is 0 Å². The Kier molecular flexibility index (Phi) is 5.74. The van der Waals surface area contributed by atoms with Crippen molar-refractivity contribution in [2.75, 3.05) is 12.3 Å². The van der Waals surface area contributed by atoms with E-state index < -0.39 is 0 Å². The topological polar surface area (TPSA) is 69.8 Å². The number of aryl methyl sites for hydroxylation is 1. The van der Waals surface area contributed by atoms with Gasteiger partial charge in [0, 0.05) is 29.8 Å². The molecule has 0 bridgehead atoms. The molecule has 5 nitrogen and oxygen atoms in total. The molecule has 7 heteroatoms. The van der Waals surface area contributed by atoms with E-state index in [-0.39, 0.29) is 17.9 Å². The summed E-state index contributed by atoms with van der Waals surface area (Å²) >= 11 is 1.61. The molecule has 1 atom stereocenters. The van der Waals surface area contributed by atoms with Crippen molar-refractivity contribution in [3.05, 3.63) is 53.1 Å². The van der Waals surface area contributed by atoms with Crippen molar-refractivity contribution >= 4 is 17.8 Å². The molecule has 1 aliphatic rings. The van der Waals surface area contributed by atoms with Gasteiger partial charge in [-0.05, 0) is 36.5 Å². The van der Waals surface area contributed by atoms with Crippen LogP contribution in [0.4, 0.5) is 9.18 Å². The molecular formula is C17H21FN4OS. The fourth-order valence-electron chi connectivity index (χ4n) is 2.81. The maximum atomic E-state index is 13.5. The Hall–Kier alpha value is -2.02. The average molecular weight is 348 g/mol. The van der Waals surface area contributed by atoms with Crippen LogP contribution in [0.5, 0.6) is 0 Å². The zero-order chi connectivity index (χ0) is 16.8. The van der Waals surface area contributed by atoms with E-state index >= 15 is 0 Å². The van der Waals surface area contributed by atoms with Gasteiger partial charge in [-0.1, -0.05) is 18.2 Å². The summed E-state index contributed by atoms with van der Waals surface area (Å²) in [6, 6.07) is 6.79. The minimum atomic E-state index is -0.174. The van der Waals surface area contributed by atoms with Gasteiger partial charge in [0.05, 0.1) is 6.20 Å². The van der Waals surface area contributed by atoms with Gasteiger partial charge in [-0.25, -0.2) is 9.18 Å². The summed E-state index contributed by atoms with van der Waals surface area (Å²) in [5.41, 5.74) is 3.06. The lowest BCUT2D eigenvalue weighted by Gasteiger charge is -2.22. The Bertz CT molecular complexity index is 691. The smallest absolute Gasteiger partial charge is 0.315 e. The quantitative estimate of drug-likeness (QED) is 0.703.